The Morgan fingerprint density at radius 1 is 1.14 bits per heavy atom. The SMILES string of the molecule is CC(NC1(CNC2CCCC2C2COCCN2)CCCC1)c1ccccc1.Cl. The van der Waals surface area contributed by atoms with Crippen molar-refractivity contribution in [2.75, 3.05) is 26.3 Å². The lowest BCUT2D eigenvalue weighted by molar-refractivity contribution is 0.0518. The monoisotopic (exact) mass is 407 g/mol. The zero-order chi connectivity index (χ0) is 18.5. The lowest BCUT2D eigenvalue weighted by Crippen LogP contribution is -2.56. The maximum absolute atomic E-state index is 5.74. The van der Waals surface area contributed by atoms with Gasteiger partial charge in [0.25, 0.3) is 0 Å². The van der Waals surface area contributed by atoms with E-state index in [1.165, 1.54) is 50.5 Å². The van der Waals surface area contributed by atoms with Crippen molar-refractivity contribution in [2.45, 2.75) is 75.5 Å². The van der Waals surface area contributed by atoms with Crippen LogP contribution in [0, 0.1) is 5.92 Å². The molecule has 4 atom stereocenters. The zero-order valence-electron chi connectivity index (χ0n) is 17.3. The second kappa shape index (κ2) is 10.4. The highest BCUT2D eigenvalue weighted by molar-refractivity contribution is 5.85. The average molecular weight is 408 g/mol. The van der Waals surface area contributed by atoms with Crippen LogP contribution >= 0.6 is 12.4 Å². The first-order chi connectivity index (χ1) is 13.3. The molecule has 0 amide bonds. The number of hydrogen-bond acceptors (Lipinski definition) is 4. The van der Waals surface area contributed by atoms with Gasteiger partial charge in [-0.25, -0.2) is 0 Å². The maximum Gasteiger partial charge on any atom is 0.0623 e. The molecule has 0 spiro atoms. The second-order valence-corrected chi connectivity index (χ2v) is 8.98. The van der Waals surface area contributed by atoms with E-state index in [4.69, 9.17) is 4.74 Å². The smallest absolute Gasteiger partial charge is 0.0623 e. The van der Waals surface area contributed by atoms with Crippen molar-refractivity contribution in [3.05, 3.63) is 35.9 Å². The summed E-state index contributed by atoms with van der Waals surface area (Å²) in [6.45, 7) is 6.17. The van der Waals surface area contributed by atoms with Crippen molar-refractivity contribution in [2.24, 2.45) is 5.92 Å². The van der Waals surface area contributed by atoms with Crippen molar-refractivity contribution >= 4 is 12.4 Å². The fraction of sp³-hybridized carbons (Fsp3) is 0.739. The summed E-state index contributed by atoms with van der Waals surface area (Å²) in [6, 6.07) is 12.5. The quantitative estimate of drug-likeness (QED) is 0.643. The molecular formula is C23H38ClN3O. The molecule has 0 bridgehead atoms. The van der Waals surface area contributed by atoms with E-state index in [0.29, 0.717) is 18.1 Å². The van der Waals surface area contributed by atoms with Crippen LogP contribution in [0.1, 0.15) is 63.5 Å². The largest absolute Gasteiger partial charge is 0.379 e. The highest BCUT2D eigenvalue weighted by Gasteiger charge is 2.39. The molecule has 1 heterocycles. The third-order valence-electron chi connectivity index (χ3n) is 7.12. The van der Waals surface area contributed by atoms with Crippen LogP contribution in [-0.4, -0.2) is 43.9 Å². The van der Waals surface area contributed by atoms with Crippen LogP contribution in [0.2, 0.25) is 0 Å². The van der Waals surface area contributed by atoms with Crippen molar-refractivity contribution in [1.29, 1.82) is 0 Å². The van der Waals surface area contributed by atoms with E-state index in [1.54, 1.807) is 0 Å². The van der Waals surface area contributed by atoms with Crippen molar-refractivity contribution < 1.29 is 4.74 Å². The molecule has 1 aliphatic heterocycles. The Kier molecular flexibility index (Phi) is 8.19. The molecule has 1 aromatic rings. The second-order valence-electron chi connectivity index (χ2n) is 8.98. The number of nitrogens with one attached hydrogen (secondary N) is 3. The Morgan fingerprint density at radius 3 is 2.64 bits per heavy atom. The first-order valence-corrected chi connectivity index (χ1v) is 11.1. The number of rotatable bonds is 7. The van der Waals surface area contributed by atoms with Crippen LogP contribution in [0.25, 0.3) is 0 Å². The maximum atomic E-state index is 5.74. The summed E-state index contributed by atoms with van der Waals surface area (Å²) < 4.78 is 5.74. The van der Waals surface area contributed by atoms with Gasteiger partial charge in [0.05, 0.1) is 13.2 Å². The molecule has 2 aliphatic carbocycles. The number of ether oxygens (including phenoxy) is 1. The molecule has 4 nitrogen and oxygen atoms in total. The minimum Gasteiger partial charge on any atom is -0.379 e. The minimum atomic E-state index is 0. The van der Waals surface area contributed by atoms with Gasteiger partial charge in [-0.3, -0.25) is 0 Å². The lowest BCUT2D eigenvalue weighted by atomic mass is 9.91. The van der Waals surface area contributed by atoms with Crippen LogP contribution in [0.4, 0.5) is 0 Å². The Hall–Kier alpha value is -0.650. The van der Waals surface area contributed by atoms with E-state index in [9.17, 15) is 0 Å². The lowest BCUT2D eigenvalue weighted by Gasteiger charge is -2.38. The highest BCUT2D eigenvalue weighted by Crippen LogP contribution is 2.34. The molecular weight excluding hydrogens is 370 g/mol. The van der Waals surface area contributed by atoms with E-state index in [1.807, 2.05) is 0 Å². The molecule has 2 saturated carbocycles. The molecule has 4 unspecified atom stereocenters. The summed E-state index contributed by atoms with van der Waals surface area (Å²) in [5, 5.41) is 11.7. The van der Waals surface area contributed by atoms with Gasteiger partial charge in [-0.1, -0.05) is 49.6 Å². The van der Waals surface area contributed by atoms with E-state index < -0.39 is 0 Å². The summed E-state index contributed by atoms with van der Waals surface area (Å²) in [6.07, 6.45) is 9.28. The van der Waals surface area contributed by atoms with Crippen LogP contribution in [-0.2, 0) is 4.74 Å². The molecule has 5 heteroatoms. The van der Waals surface area contributed by atoms with Crippen molar-refractivity contribution in [3.63, 3.8) is 0 Å². The Morgan fingerprint density at radius 2 is 1.93 bits per heavy atom. The molecule has 0 radical (unpaired) electrons. The third kappa shape index (κ3) is 5.28. The minimum absolute atomic E-state index is 0. The number of benzene rings is 1. The molecule has 4 rings (SSSR count). The average Bonchev–Trinajstić information content (AvgIpc) is 3.38. The van der Waals surface area contributed by atoms with Gasteiger partial charge in [0, 0.05) is 36.8 Å². The summed E-state index contributed by atoms with van der Waals surface area (Å²) in [5.41, 5.74) is 1.64. The summed E-state index contributed by atoms with van der Waals surface area (Å²) >= 11 is 0. The molecule has 0 aromatic heterocycles. The van der Waals surface area contributed by atoms with Gasteiger partial charge in [0.1, 0.15) is 0 Å². The molecule has 1 saturated heterocycles. The molecule has 28 heavy (non-hydrogen) atoms. The van der Waals surface area contributed by atoms with E-state index in [0.717, 1.165) is 32.2 Å². The first-order valence-electron chi connectivity index (χ1n) is 11.1. The van der Waals surface area contributed by atoms with Crippen LogP contribution in [0.3, 0.4) is 0 Å². The number of hydrogen-bond donors (Lipinski definition) is 3. The van der Waals surface area contributed by atoms with Gasteiger partial charge in [-0.05, 0) is 44.1 Å². The normalized spacial score (nSPS) is 30.7. The van der Waals surface area contributed by atoms with Gasteiger partial charge in [-0.15, -0.1) is 12.4 Å². The fourth-order valence-electron chi connectivity index (χ4n) is 5.62. The van der Waals surface area contributed by atoms with E-state index in [-0.39, 0.29) is 17.9 Å². The van der Waals surface area contributed by atoms with Gasteiger partial charge >= 0.3 is 0 Å². The van der Waals surface area contributed by atoms with Crippen LogP contribution in [0.5, 0.6) is 0 Å². The molecule has 3 aliphatic rings. The molecule has 3 fully saturated rings. The zero-order valence-corrected chi connectivity index (χ0v) is 18.1. The standard InChI is InChI=1S/C23H37N3O.ClH/c1-18(19-8-3-2-4-9-19)26-23(12-5-6-13-23)17-25-21-11-7-10-20(21)22-16-27-15-14-24-22;/h2-4,8-9,18,20-22,24-26H,5-7,10-17H2,1H3;1H. The highest BCUT2D eigenvalue weighted by atomic mass is 35.5. The Bertz CT molecular complexity index is 572. The Labute approximate surface area is 177 Å². The predicted molar refractivity (Wildman–Crippen MR) is 118 cm³/mol. The van der Waals surface area contributed by atoms with Gasteiger partial charge in [0.15, 0.2) is 0 Å². The summed E-state index contributed by atoms with van der Waals surface area (Å²) in [4.78, 5) is 0. The topological polar surface area (TPSA) is 45.3 Å². The van der Waals surface area contributed by atoms with Crippen molar-refractivity contribution in [1.82, 2.24) is 16.0 Å². The van der Waals surface area contributed by atoms with E-state index >= 15 is 0 Å². The summed E-state index contributed by atoms with van der Waals surface area (Å²) in [5.74, 6) is 0.718. The van der Waals surface area contributed by atoms with Gasteiger partial charge in [-0.2, -0.15) is 0 Å². The molecule has 158 valence electrons. The third-order valence-corrected chi connectivity index (χ3v) is 7.12. The predicted octanol–water partition coefficient (Wildman–Crippen LogP) is 3.82. The van der Waals surface area contributed by atoms with Crippen LogP contribution < -0.4 is 16.0 Å². The molecule has 1 aromatic carbocycles. The van der Waals surface area contributed by atoms with E-state index in [2.05, 4.69) is 53.2 Å². The fourth-order valence-corrected chi connectivity index (χ4v) is 5.62. The van der Waals surface area contributed by atoms with Gasteiger partial charge < -0.3 is 20.7 Å². The molecule has 3 N–H and O–H groups in total. The summed E-state index contributed by atoms with van der Waals surface area (Å²) in [7, 11) is 0. The Balaban J connectivity index is 0.00000225. The van der Waals surface area contributed by atoms with Gasteiger partial charge in [0.2, 0.25) is 0 Å². The first kappa shape index (κ1) is 22.0. The van der Waals surface area contributed by atoms with Crippen LogP contribution in [0.15, 0.2) is 30.3 Å². The number of morpholine rings is 1. The number of halogens is 1. The van der Waals surface area contributed by atoms with Crippen molar-refractivity contribution in [3.8, 4) is 0 Å².